The molecule has 1 aromatic heterocycles. The summed E-state index contributed by atoms with van der Waals surface area (Å²) in [7, 11) is 0. The van der Waals surface area contributed by atoms with E-state index in [0.717, 1.165) is 36.3 Å². The lowest BCUT2D eigenvalue weighted by Crippen LogP contribution is -2.22. The number of fused-ring (bicyclic) bond motifs is 5. The van der Waals surface area contributed by atoms with Gasteiger partial charge in [-0.05, 0) is 54.6 Å². The van der Waals surface area contributed by atoms with Crippen LogP contribution in [-0.2, 0) is 6.54 Å². The van der Waals surface area contributed by atoms with Crippen molar-refractivity contribution in [2.45, 2.75) is 31.8 Å². The fourth-order valence-corrected chi connectivity index (χ4v) is 4.34. The molecule has 3 fully saturated rings. The monoisotopic (exact) mass is 214 g/mol. The average Bonchev–Trinajstić information content (AvgIpc) is 2.72. The molecule has 4 atom stereocenters. The SMILES string of the molecule is c1cncc(CNC2C3C4CCC(C4)C23)c1. The summed E-state index contributed by atoms with van der Waals surface area (Å²) >= 11 is 0. The Hall–Kier alpha value is -0.890. The number of hydrogen-bond acceptors (Lipinski definition) is 2. The molecule has 4 rings (SSSR count). The lowest BCUT2D eigenvalue weighted by molar-refractivity contribution is 0.456. The van der Waals surface area contributed by atoms with E-state index in [2.05, 4.69) is 16.4 Å². The van der Waals surface area contributed by atoms with Crippen LogP contribution in [0, 0.1) is 23.7 Å². The highest BCUT2D eigenvalue weighted by Gasteiger charge is 2.64. The van der Waals surface area contributed by atoms with E-state index in [9.17, 15) is 0 Å². The Morgan fingerprint density at radius 1 is 1.25 bits per heavy atom. The molecule has 2 heteroatoms. The smallest absolute Gasteiger partial charge is 0.0312 e. The Morgan fingerprint density at radius 3 is 2.75 bits per heavy atom. The molecule has 1 heterocycles. The number of pyridine rings is 1. The van der Waals surface area contributed by atoms with E-state index in [-0.39, 0.29) is 0 Å². The fraction of sp³-hybridized carbons (Fsp3) is 0.643. The average molecular weight is 214 g/mol. The molecule has 84 valence electrons. The van der Waals surface area contributed by atoms with E-state index in [1.165, 1.54) is 18.4 Å². The number of nitrogens with one attached hydrogen (secondary N) is 1. The van der Waals surface area contributed by atoms with E-state index in [4.69, 9.17) is 0 Å². The van der Waals surface area contributed by atoms with Gasteiger partial charge < -0.3 is 5.32 Å². The first-order valence-corrected chi connectivity index (χ1v) is 6.56. The molecular formula is C14H18N2. The Kier molecular flexibility index (Phi) is 1.89. The third kappa shape index (κ3) is 1.26. The van der Waals surface area contributed by atoms with Crippen LogP contribution in [0.4, 0.5) is 0 Å². The molecule has 0 aromatic carbocycles. The summed E-state index contributed by atoms with van der Waals surface area (Å²) in [6.07, 6.45) is 8.38. The summed E-state index contributed by atoms with van der Waals surface area (Å²) < 4.78 is 0. The van der Waals surface area contributed by atoms with Gasteiger partial charge in [0.15, 0.2) is 0 Å². The van der Waals surface area contributed by atoms with E-state index >= 15 is 0 Å². The van der Waals surface area contributed by atoms with Gasteiger partial charge >= 0.3 is 0 Å². The highest BCUT2D eigenvalue weighted by atomic mass is 15.0. The minimum atomic E-state index is 0.839. The van der Waals surface area contributed by atoms with E-state index < -0.39 is 0 Å². The summed E-state index contributed by atoms with van der Waals surface area (Å²) in [4.78, 5) is 4.16. The van der Waals surface area contributed by atoms with Gasteiger partial charge in [-0.1, -0.05) is 6.07 Å². The van der Waals surface area contributed by atoms with Crippen molar-refractivity contribution in [3.63, 3.8) is 0 Å². The van der Waals surface area contributed by atoms with Crippen molar-refractivity contribution in [1.82, 2.24) is 10.3 Å². The van der Waals surface area contributed by atoms with E-state index in [1.807, 2.05) is 18.5 Å². The Balaban J connectivity index is 1.38. The first-order chi connectivity index (χ1) is 7.93. The van der Waals surface area contributed by atoms with Crippen molar-refractivity contribution in [3.05, 3.63) is 30.1 Å². The van der Waals surface area contributed by atoms with Crippen LogP contribution < -0.4 is 5.32 Å². The van der Waals surface area contributed by atoms with Gasteiger partial charge in [-0.2, -0.15) is 0 Å². The van der Waals surface area contributed by atoms with Crippen molar-refractivity contribution < 1.29 is 0 Å². The van der Waals surface area contributed by atoms with Crippen LogP contribution in [-0.4, -0.2) is 11.0 Å². The molecule has 1 aromatic rings. The van der Waals surface area contributed by atoms with Crippen LogP contribution >= 0.6 is 0 Å². The predicted molar refractivity (Wildman–Crippen MR) is 62.7 cm³/mol. The lowest BCUT2D eigenvalue weighted by Gasteiger charge is -2.10. The van der Waals surface area contributed by atoms with Crippen LogP contribution in [0.1, 0.15) is 24.8 Å². The minimum Gasteiger partial charge on any atom is -0.309 e. The molecule has 0 saturated heterocycles. The summed E-state index contributed by atoms with van der Waals surface area (Å²) in [6.45, 7) is 1.00. The first-order valence-electron chi connectivity index (χ1n) is 6.56. The number of aromatic nitrogens is 1. The number of nitrogens with zero attached hydrogens (tertiary/aromatic N) is 1. The van der Waals surface area contributed by atoms with Crippen LogP contribution in [0.5, 0.6) is 0 Å². The zero-order chi connectivity index (χ0) is 10.5. The summed E-state index contributed by atoms with van der Waals surface area (Å²) in [5.74, 6) is 4.22. The quantitative estimate of drug-likeness (QED) is 0.834. The van der Waals surface area contributed by atoms with Crippen molar-refractivity contribution in [2.75, 3.05) is 0 Å². The zero-order valence-electron chi connectivity index (χ0n) is 9.47. The van der Waals surface area contributed by atoms with Gasteiger partial charge in [0.2, 0.25) is 0 Å². The summed E-state index contributed by atoms with van der Waals surface area (Å²) in [5, 5.41) is 3.74. The Bertz CT molecular complexity index is 373. The zero-order valence-corrected chi connectivity index (χ0v) is 9.47. The maximum Gasteiger partial charge on any atom is 0.0312 e. The topological polar surface area (TPSA) is 24.9 Å². The van der Waals surface area contributed by atoms with E-state index in [0.29, 0.717) is 0 Å². The standard InChI is InChI=1S/C14H18N2/c1-2-9(7-15-5-1)8-16-14-12-10-3-4-11(6-10)13(12)14/h1-2,5,7,10-14,16H,3-4,6,8H2. The maximum atomic E-state index is 4.16. The van der Waals surface area contributed by atoms with Crippen LogP contribution in [0.3, 0.4) is 0 Å². The third-order valence-corrected chi connectivity index (χ3v) is 5.00. The number of rotatable bonds is 3. The Morgan fingerprint density at radius 2 is 2.06 bits per heavy atom. The molecule has 2 bridgehead atoms. The van der Waals surface area contributed by atoms with Gasteiger partial charge in [-0.25, -0.2) is 0 Å². The van der Waals surface area contributed by atoms with E-state index in [1.54, 1.807) is 6.42 Å². The number of hydrogen-bond donors (Lipinski definition) is 1. The molecular weight excluding hydrogens is 196 g/mol. The highest BCUT2D eigenvalue weighted by Crippen LogP contribution is 2.65. The van der Waals surface area contributed by atoms with Crippen LogP contribution in [0.15, 0.2) is 24.5 Å². The van der Waals surface area contributed by atoms with Crippen molar-refractivity contribution in [3.8, 4) is 0 Å². The van der Waals surface area contributed by atoms with Crippen LogP contribution in [0.25, 0.3) is 0 Å². The molecule has 16 heavy (non-hydrogen) atoms. The molecule has 0 spiro atoms. The Labute approximate surface area is 96.5 Å². The normalized spacial score (nSPS) is 43.4. The molecule has 1 N–H and O–H groups in total. The molecule has 0 radical (unpaired) electrons. The van der Waals surface area contributed by atoms with Crippen LogP contribution in [0.2, 0.25) is 0 Å². The second-order valence-electron chi connectivity index (χ2n) is 5.76. The second kappa shape index (κ2) is 3.30. The third-order valence-electron chi connectivity index (χ3n) is 5.00. The van der Waals surface area contributed by atoms with Gasteiger partial charge in [-0.3, -0.25) is 4.98 Å². The largest absolute Gasteiger partial charge is 0.309 e. The fourth-order valence-electron chi connectivity index (χ4n) is 4.34. The van der Waals surface area contributed by atoms with Crippen molar-refractivity contribution >= 4 is 0 Å². The minimum absolute atomic E-state index is 0.839. The summed E-state index contributed by atoms with van der Waals surface area (Å²) in [5.41, 5.74) is 1.32. The van der Waals surface area contributed by atoms with Gasteiger partial charge in [0, 0.05) is 25.0 Å². The molecule has 3 aliphatic carbocycles. The van der Waals surface area contributed by atoms with Gasteiger partial charge in [0.1, 0.15) is 0 Å². The molecule has 0 amide bonds. The van der Waals surface area contributed by atoms with Crippen molar-refractivity contribution in [1.29, 1.82) is 0 Å². The molecule has 2 nitrogen and oxygen atoms in total. The molecule has 4 unspecified atom stereocenters. The second-order valence-corrected chi connectivity index (χ2v) is 5.76. The molecule has 3 aliphatic rings. The van der Waals surface area contributed by atoms with Crippen molar-refractivity contribution in [2.24, 2.45) is 23.7 Å². The lowest BCUT2D eigenvalue weighted by atomic mass is 10.0. The summed E-state index contributed by atoms with van der Waals surface area (Å²) in [6, 6.07) is 5.02. The van der Waals surface area contributed by atoms with Gasteiger partial charge in [0.25, 0.3) is 0 Å². The highest BCUT2D eigenvalue weighted by molar-refractivity contribution is 5.18. The predicted octanol–water partition coefficient (Wildman–Crippen LogP) is 2.22. The van der Waals surface area contributed by atoms with Gasteiger partial charge in [0.05, 0.1) is 0 Å². The molecule has 3 saturated carbocycles. The first kappa shape index (κ1) is 9.17. The molecule has 0 aliphatic heterocycles. The maximum absolute atomic E-state index is 4.16. The van der Waals surface area contributed by atoms with Gasteiger partial charge in [-0.15, -0.1) is 0 Å².